The van der Waals surface area contributed by atoms with Crippen molar-refractivity contribution in [3.63, 3.8) is 0 Å². The van der Waals surface area contributed by atoms with Gasteiger partial charge in [0.2, 0.25) is 0 Å². The number of rotatable bonds is 2. The summed E-state index contributed by atoms with van der Waals surface area (Å²) in [6, 6.07) is 0. The molecule has 0 fully saturated rings. The summed E-state index contributed by atoms with van der Waals surface area (Å²) >= 11 is 0. The van der Waals surface area contributed by atoms with Gasteiger partial charge in [-0.3, -0.25) is 0 Å². The quantitative estimate of drug-likeness (QED) is 0.822. The van der Waals surface area contributed by atoms with Gasteiger partial charge in [-0.2, -0.15) is 13.9 Å². The van der Waals surface area contributed by atoms with Gasteiger partial charge in [-0.25, -0.2) is 0 Å². The molecule has 1 aliphatic heterocycles. The maximum absolute atomic E-state index is 12.1. The molecule has 86 valence electrons. The van der Waals surface area contributed by atoms with Gasteiger partial charge in [0.05, 0.1) is 12.8 Å². The number of hydrazone groups is 1. The lowest BCUT2D eigenvalue weighted by Gasteiger charge is -2.12. The second kappa shape index (κ2) is 4.08. The van der Waals surface area contributed by atoms with Gasteiger partial charge in [-0.05, 0) is 19.4 Å². The number of nitrogens with one attached hydrogen (secondary N) is 1. The van der Waals surface area contributed by atoms with Crippen LogP contribution in [-0.2, 0) is 13.1 Å². The van der Waals surface area contributed by atoms with Crippen molar-refractivity contribution in [1.29, 1.82) is 0 Å². The second-order valence-corrected chi connectivity index (χ2v) is 3.77. The Labute approximate surface area is 92.5 Å². The van der Waals surface area contributed by atoms with E-state index in [9.17, 15) is 8.78 Å². The van der Waals surface area contributed by atoms with Crippen molar-refractivity contribution in [1.82, 2.24) is 9.99 Å². The summed E-state index contributed by atoms with van der Waals surface area (Å²) in [6.45, 7) is 4.71. The number of fused-ring (bicyclic) bond motifs is 1. The third-order valence-corrected chi connectivity index (χ3v) is 2.95. The number of hydrogen-bond donors (Lipinski definition) is 1. The van der Waals surface area contributed by atoms with Crippen LogP contribution >= 0.6 is 0 Å². The molecular weight excluding hydrogens is 212 g/mol. The minimum absolute atomic E-state index is 0.208. The maximum Gasteiger partial charge on any atom is 0.268 e. The van der Waals surface area contributed by atoms with Gasteiger partial charge in [-0.15, -0.1) is 0 Å². The molecule has 0 atom stereocenters. The Morgan fingerprint density at radius 3 is 3.00 bits per heavy atom. The molecule has 1 aromatic rings. The Balaban J connectivity index is 2.45. The van der Waals surface area contributed by atoms with Crippen LogP contribution in [0.4, 0.5) is 8.78 Å². The highest BCUT2D eigenvalue weighted by atomic mass is 19.3. The Kier molecular flexibility index (Phi) is 2.77. The topological polar surface area (TPSA) is 29.3 Å². The minimum atomic E-state index is -1.64. The smallest absolute Gasteiger partial charge is 0.268 e. The summed E-state index contributed by atoms with van der Waals surface area (Å²) in [6.07, 6.45) is 1.03. The van der Waals surface area contributed by atoms with Gasteiger partial charge < -0.3 is 9.99 Å². The number of nitrogens with zero attached hydrogens (tertiary/aromatic N) is 2. The molecule has 0 spiro atoms. The lowest BCUT2D eigenvalue weighted by molar-refractivity contribution is 0.415. The van der Waals surface area contributed by atoms with E-state index in [-0.39, 0.29) is 6.54 Å². The number of allylic oxidation sites excluding steroid dienone is 1. The third-order valence-electron chi connectivity index (χ3n) is 2.95. The Hall–Kier alpha value is -1.65. The lowest BCUT2D eigenvalue weighted by atomic mass is 10.1. The zero-order chi connectivity index (χ0) is 11.7. The van der Waals surface area contributed by atoms with E-state index >= 15 is 0 Å². The van der Waals surface area contributed by atoms with E-state index < -0.39 is 6.08 Å². The molecule has 0 aliphatic carbocycles. The van der Waals surface area contributed by atoms with Gasteiger partial charge in [0.25, 0.3) is 6.08 Å². The van der Waals surface area contributed by atoms with E-state index in [1.54, 1.807) is 6.21 Å². The molecule has 0 aromatic carbocycles. The first-order valence-corrected chi connectivity index (χ1v) is 5.07. The van der Waals surface area contributed by atoms with Crippen molar-refractivity contribution in [2.24, 2.45) is 5.10 Å². The molecule has 2 rings (SSSR count). The fourth-order valence-corrected chi connectivity index (χ4v) is 1.96. The fourth-order valence-electron chi connectivity index (χ4n) is 1.96. The Bertz CT molecular complexity index is 468. The number of hydrogen-bond acceptors (Lipinski definition) is 2. The molecule has 5 heteroatoms. The molecule has 1 aliphatic rings. The van der Waals surface area contributed by atoms with E-state index in [0.29, 0.717) is 6.54 Å². The van der Waals surface area contributed by atoms with Crippen LogP contribution in [0.15, 0.2) is 17.3 Å². The molecule has 2 heterocycles. The molecule has 1 N–H and O–H groups in total. The highest BCUT2D eigenvalue weighted by molar-refractivity contribution is 5.84. The Morgan fingerprint density at radius 1 is 1.56 bits per heavy atom. The molecule has 0 bridgehead atoms. The van der Waals surface area contributed by atoms with E-state index in [2.05, 4.69) is 10.5 Å². The first-order chi connectivity index (χ1) is 7.61. The average molecular weight is 225 g/mol. The normalized spacial score (nSPS) is 13.2. The van der Waals surface area contributed by atoms with Crippen LogP contribution in [0, 0.1) is 13.8 Å². The molecule has 3 nitrogen and oxygen atoms in total. The summed E-state index contributed by atoms with van der Waals surface area (Å²) in [5, 5.41) is 3.98. The van der Waals surface area contributed by atoms with Gasteiger partial charge in [-0.1, -0.05) is 0 Å². The maximum atomic E-state index is 12.1. The van der Waals surface area contributed by atoms with E-state index in [4.69, 9.17) is 0 Å². The van der Waals surface area contributed by atoms with Crippen LogP contribution < -0.4 is 5.43 Å². The zero-order valence-corrected chi connectivity index (χ0v) is 9.22. The van der Waals surface area contributed by atoms with E-state index in [1.165, 1.54) is 0 Å². The van der Waals surface area contributed by atoms with Gasteiger partial charge in [0, 0.05) is 29.6 Å². The number of aromatic nitrogens is 1. The summed E-state index contributed by atoms with van der Waals surface area (Å²) in [7, 11) is 0. The molecule has 0 unspecified atom stereocenters. The molecule has 16 heavy (non-hydrogen) atoms. The van der Waals surface area contributed by atoms with Crippen molar-refractivity contribution in [2.75, 3.05) is 0 Å². The van der Waals surface area contributed by atoms with Crippen LogP contribution in [0.2, 0.25) is 0 Å². The molecule has 0 saturated heterocycles. The lowest BCUT2D eigenvalue weighted by Crippen LogP contribution is -2.17. The molecule has 0 amide bonds. The van der Waals surface area contributed by atoms with Gasteiger partial charge >= 0.3 is 0 Å². The Morgan fingerprint density at radius 2 is 2.31 bits per heavy atom. The molecular formula is C11H13F2N3. The third kappa shape index (κ3) is 1.73. The van der Waals surface area contributed by atoms with E-state index in [0.717, 1.165) is 28.6 Å². The van der Waals surface area contributed by atoms with Crippen molar-refractivity contribution in [2.45, 2.75) is 26.9 Å². The number of halogens is 2. The standard InChI is InChI=1S/C11H13F2N3/c1-7-8(2)16(4-3-11(12)13)10-6-15-14-5-9(7)10/h3,5,15H,4,6H2,1-2H3. The SMILES string of the molecule is Cc1c2c(n(CC=C(F)F)c1C)CNN=C2. The minimum Gasteiger partial charge on any atom is -0.342 e. The summed E-state index contributed by atoms with van der Waals surface area (Å²) in [5.41, 5.74) is 7.03. The average Bonchev–Trinajstić information content (AvgIpc) is 2.50. The van der Waals surface area contributed by atoms with Crippen molar-refractivity contribution in [3.8, 4) is 0 Å². The van der Waals surface area contributed by atoms with E-state index in [1.807, 2.05) is 18.4 Å². The fraction of sp³-hybridized carbons (Fsp3) is 0.364. The summed E-state index contributed by atoms with van der Waals surface area (Å²) < 4.78 is 26.1. The molecule has 1 aromatic heterocycles. The zero-order valence-electron chi connectivity index (χ0n) is 9.22. The predicted octanol–water partition coefficient (Wildman–Crippen LogP) is 2.32. The first-order valence-electron chi connectivity index (χ1n) is 5.07. The van der Waals surface area contributed by atoms with Crippen LogP contribution in [0.1, 0.15) is 22.5 Å². The van der Waals surface area contributed by atoms with Crippen LogP contribution in [-0.4, -0.2) is 10.8 Å². The molecule has 0 radical (unpaired) electrons. The van der Waals surface area contributed by atoms with Crippen molar-refractivity contribution < 1.29 is 8.78 Å². The highest BCUT2D eigenvalue weighted by Crippen LogP contribution is 2.22. The largest absolute Gasteiger partial charge is 0.342 e. The second-order valence-electron chi connectivity index (χ2n) is 3.77. The summed E-state index contributed by atoms with van der Waals surface area (Å²) in [5.74, 6) is 0. The van der Waals surface area contributed by atoms with Crippen LogP contribution in [0.25, 0.3) is 0 Å². The first kappa shape index (κ1) is 10.9. The predicted molar refractivity (Wildman–Crippen MR) is 58.6 cm³/mol. The van der Waals surface area contributed by atoms with Crippen molar-refractivity contribution in [3.05, 3.63) is 34.7 Å². The van der Waals surface area contributed by atoms with Gasteiger partial charge in [0.1, 0.15) is 0 Å². The van der Waals surface area contributed by atoms with Crippen LogP contribution in [0.5, 0.6) is 0 Å². The summed E-state index contributed by atoms with van der Waals surface area (Å²) in [4.78, 5) is 0. The monoisotopic (exact) mass is 225 g/mol. The highest BCUT2D eigenvalue weighted by Gasteiger charge is 2.17. The van der Waals surface area contributed by atoms with Gasteiger partial charge in [0.15, 0.2) is 0 Å². The van der Waals surface area contributed by atoms with Crippen LogP contribution in [0.3, 0.4) is 0 Å². The van der Waals surface area contributed by atoms with Crippen molar-refractivity contribution >= 4 is 6.21 Å². The molecule has 0 saturated carbocycles.